The van der Waals surface area contributed by atoms with Gasteiger partial charge >= 0.3 is 6.09 Å². The standard InChI is InChI=1S/C18H25N3O5.C2H6/c1-12(22)13-5-7-14(8-6-13)16(24)21-11-15(23)19-9-10-20-17(25)26-18(2,3)4;1-2/h5-8H,9-11H2,1-4H3,(H,19,23)(H,20,25)(H,21,24);1-2H3. The van der Waals surface area contributed by atoms with Crippen LogP contribution in [-0.2, 0) is 9.53 Å². The van der Waals surface area contributed by atoms with Crippen LogP contribution in [-0.4, -0.2) is 48.9 Å². The van der Waals surface area contributed by atoms with Gasteiger partial charge in [-0.15, -0.1) is 0 Å². The van der Waals surface area contributed by atoms with Gasteiger partial charge in [-0.3, -0.25) is 14.4 Å². The molecule has 0 saturated carbocycles. The van der Waals surface area contributed by atoms with E-state index >= 15 is 0 Å². The van der Waals surface area contributed by atoms with Crippen molar-refractivity contribution in [2.45, 2.75) is 47.1 Å². The van der Waals surface area contributed by atoms with E-state index in [4.69, 9.17) is 4.74 Å². The van der Waals surface area contributed by atoms with Gasteiger partial charge in [0, 0.05) is 24.2 Å². The number of benzene rings is 1. The van der Waals surface area contributed by atoms with E-state index in [-0.39, 0.29) is 31.3 Å². The zero-order chi connectivity index (χ0) is 21.7. The molecule has 0 aliphatic heterocycles. The van der Waals surface area contributed by atoms with E-state index in [1.165, 1.54) is 19.1 Å². The van der Waals surface area contributed by atoms with Gasteiger partial charge < -0.3 is 20.7 Å². The second-order valence-electron chi connectivity index (χ2n) is 6.59. The lowest BCUT2D eigenvalue weighted by Gasteiger charge is -2.19. The summed E-state index contributed by atoms with van der Waals surface area (Å²) in [5, 5.41) is 7.55. The zero-order valence-electron chi connectivity index (χ0n) is 17.5. The Morgan fingerprint density at radius 3 is 1.86 bits per heavy atom. The number of nitrogens with one attached hydrogen (secondary N) is 3. The quantitative estimate of drug-likeness (QED) is 0.486. The molecule has 8 nitrogen and oxygen atoms in total. The van der Waals surface area contributed by atoms with Gasteiger partial charge in [0.1, 0.15) is 5.60 Å². The van der Waals surface area contributed by atoms with Crippen LogP contribution in [0.2, 0.25) is 0 Å². The topological polar surface area (TPSA) is 114 Å². The summed E-state index contributed by atoms with van der Waals surface area (Å²) in [4.78, 5) is 46.2. The van der Waals surface area contributed by atoms with Crippen molar-refractivity contribution in [1.82, 2.24) is 16.0 Å². The Kier molecular flexibility index (Phi) is 11.2. The van der Waals surface area contributed by atoms with Crippen LogP contribution >= 0.6 is 0 Å². The Hall–Kier alpha value is -2.90. The van der Waals surface area contributed by atoms with Crippen molar-refractivity contribution in [3.63, 3.8) is 0 Å². The molecule has 0 aliphatic rings. The van der Waals surface area contributed by atoms with Crippen molar-refractivity contribution in [2.75, 3.05) is 19.6 Å². The van der Waals surface area contributed by atoms with Crippen molar-refractivity contribution < 1.29 is 23.9 Å². The molecule has 0 saturated heterocycles. The highest BCUT2D eigenvalue weighted by Crippen LogP contribution is 2.06. The second kappa shape index (κ2) is 12.5. The highest BCUT2D eigenvalue weighted by Gasteiger charge is 2.15. The molecule has 0 heterocycles. The van der Waals surface area contributed by atoms with Crippen LogP contribution in [0.25, 0.3) is 0 Å². The monoisotopic (exact) mass is 393 g/mol. The van der Waals surface area contributed by atoms with Gasteiger partial charge in [-0.2, -0.15) is 0 Å². The third-order valence-corrected chi connectivity index (χ3v) is 3.08. The Morgan fingerprint density at radius 2 is 1.36 bits per heavy atom. The Labute approximate surface area is 166 Å². The average molecular weight is 393 g/mol. The van der Waals surface area contributed by atoms with E-state index in [1.54, 1.807) is 32.9 Å². The van der Waals surface area contributed by atoms with Gasteiger partial charge in [-0.05, 0) is 39.8 Å². The number of Topliss-reactive ketones (excluding diaryl/α,β-unsaturated/α-hetero) is 1. The highest BCUT2D eigenvalue weighted by molar-refractivity contribution is 5.98. The van der Waals surface area contributed by atoms with Crippen molar-refractivity contribution in [1.29, 1.82) is 0 Å². The predicted molar refractivity (Wildman–Crippen MR) is 107 cm³/mol. The molecule has 0 aliphatic carbocycles. The molecule has 3 N–H and O–H groups in total. The van der Waals surface area contributed by atoms with Crippen molar-refractivity contribution in [2.24, 2.45) is 0 Å². The molecule has 0 bridgehead atoms. The van der Waals surface area contributed by atoms with E-state index < -0.39 is 17.6 Å². The maximum atomic E-state index is 11.9. The molecule has 0 aromatic heterocycles. The summed E-state index contributed by atoms with van der Waals surface area (Å²) in [7, 11) is 0. The number of carbonyl (C=O) groups is 4. The number of amides is 3. The first-order valence-electron chi connectivity index (χ1n) is 9.21. The summed E-state index contributed by atoms with van der Waals surface area (Å²) in [6, 6.07) is 6.16. The number of hydrogen-bond acceptors (Lipinski definition) is 5. The molecule has 0 spiro atoms. The lowest BCUT2D eigenvalue weighted by atomic mass is 10.1. The number of ether oxygens (including phenoxy) is 1. The van der Waals surface area contributed by atoms with E-state index in [1.807, 2.05) is 13.8 Å². The molecule has 0 atom stereocenters. The maximum absolute atomic E-state index is 11.9. The SMILES string of the molecule is CC.CC(=O)c1ccc(C(=O)NCC(=O)NCCNC(=O)OC(C)(C)C)cc1. The minimum absolute atomic E-state index is 0.0867. The first-order valence-corrected chi connectivity index (χ1v) is 9.21. The molecular weight excluding hydrogens is 362 g/mol. The average Bonchev–Trinajstić information content (AvgIpc) is 2.63. The largest absolute Gasteiger partial charge is 0.444 e. The van der Waals surface area contributed by atoms with Gasteiger partial charge in [-0.1, -0.05) is 26.0 Å². The maximum Gasteiger partial charge on any atom is 0.407 e. The van der Waals surface area contributed by atoms with Crippen LogP contribution in [0.1, 0.15) is 62.3 Å². The molecule has 3 amide bonds. The normalized spacial score (nSPS) is 10.1. The number of ketones is 1. The van der Waals surface area contributed by atoms with Crippen molar-refractivity contribution in [3.8, 4) is 0 Å². The van der Waals surface area contributed by atoms with Crippen molar-refractivity contribution >= 4 is 23.7 Å². The number of hydrogen-bond donors (Lipinski definition) is 3. The zero-order valence-corrected chi connectivity index (χ0v) is 17.5. The number of rotatable bonds is 7. The molecule has 156 valence electrons. The molecule has 1 rings (SSSR count). The number of alkyl carbamates (subject to hydrolysis) is 1. The summed E-state index contributed by atoms with van der Waals surface area (Å²) in [6.45, 7) is 10.9. The fourth-order valence-corrected chi connectivity index (χ4v) is 1.86. The van der Waals surface area contributed by atoms with Crippen LogP contribution < -0.4 is 16.0 Å². The molecule has 28 heavy (non-hydrogen) atoms. The van der Waals surface area contributed by atoms with E-state index in [9.17, 15) is 19.2 Å². The minimum Gasteiger partial charge on any atom is -0.444 e. The molecule has 0 unspecified atom stereocenters. The molecule has 0 radical (unpaired) electrons. The smallest absolute Gasteiger partial charge is 0.407 e. The van der Waals surface area contributed by atoms with Crippen LogP contribution in [0, 0.1) is 0 Å². The molecule has 0 fully saturated rings. The predicted octanol–water partition coefficient (Wildman–Crippen LogP) is 2.29. The van der Waals surface area contributed by atoms with Crippen LogP contribution in [0.5, 0.6) is 0 Å². The van der Waals surface area contributed by atoms with Crippen LogP contribution in [0.15, 0.2) is 24.3 Å². The van der Waals surface area contributed by atoms with E-state index in [0.717, 1.165) is 0 Å². The summed E-state index contributed by atoms with van der Waals surface area (Å²) in [5.41, 5.74) is 0.284. The summed E-state index contributed by atoms with van der Waals surface area (Å²) >= 11 is 0. The van der Waals surface area contributed by atoms with Gasteiger partial charge in [0.2, 0.25) is 5.91 Å². The third kappa shape index (κ3) is 10.9. The molecular formula is C20H31N3O5. The Bertz CT molecular complexity index is 663. The van der Waals surface area contributed by atoms with Gasteiger partial charge in [0.25, 0.3) is 5.91 Å². The first-order chi connectivity index (χ1) is 13.1. The minimum atomic E-state index is -0.583. The Balaban J connectivity index is 0.00000352. The summed E-state index contributed by atoms with van der Waals surface area (Å²) in [6.07, 6.45) is -0.561. The third-order valence-electron chi connectivity index (χ3n) is 3.08. The van der Waals surface area contributed by atoms with Gasteiger partial charge in [0.05, 0.1) is 6.54 Å². The fraction of sp³-hybridized carbons (Fsp3) is 0.500. The van der Waals surface area contributed by atoms with Crippen LogP contribution in [0.3, 0.4) is 0 Å². The van der Waals surface area contributed by atoms with E-state index in [0.29, 0.717) is 11.1 Å². The molecule has 1 aromatic carbocycles. The van der Waals surface area contributed by atoms with Crippen LogP contribution in [0.4, 0.5) is 4.79 Å². The summed E-state index contributed by atoms with van der Waals surface area (Å²) < 4.78 is 5.05. The summed E-state index contributed by atoms with van der Waals surface area (Å²) in [5.74, 6) is -0.886. The molecule has 8 heteroatoms. The Morgan fingerprint density at radius 1 is 0.857 bits per heavy atom. The fourth-order valence-electron chi connectivity index (χ4n) is 1.86. The van der Waals surface area contributed by atoms with E-state index in [2.05, 4.69) is 16.0 Å². The highest BCUT2D eigenvalue weighted by atomic mass is 16.6. The van der Waals surface area contributed by atoms with Crippen molar-refractivity contribution in [3.05, 3.63) is 35.4 Å². The second-order valence-corrected chi connectivity index (χ2v) is 6.59. The van der Waals surface area contributed by atoms with Gasteiger partial charge in [0.15, 0.2) is 5.78 Å². The lowest BCUT2D eigenvalue weighted by molar-refractivity contribution is -0.120. The number of carbonyl (C=O) groups excluding carboxylic acids is 4. The molecule has 1 aromatic rings. The van der Waals surface area contributed by atoms with Gasteiger partial charge in [-0.25, -0.2) is 4.79 Å². The lowest BCUT2D eigenvalue weighted by Crippen LogP contribution is -2.41. The first kappa shape index (κ1) is 25.1.